The molecule has 0 heterocycles. The molecule has 4 unspecified atom stereocenters. The average molecular weight is 1030 g/mol. The van der Waals surface area contributed by atoms with Gasteiger partial charge in [-0.2, -0.15) is 9.44 Å². The summed E-state index contributed by atoms with van der Waals surface area (Å²) in [7, 11) is -8.13. The Bertz CT molecular complexity index is 2480. The van der Waals surface area contributed by atoms with Gasteiger partial charge in [-0.25, -0.2) is 21.2 Å². The van der Waals surface area contributed by atoms with Crippen LogP contribution in [0.3, 0.4) is 0 Å². The lowest BCUT2D eigenvalue weighted by Crippen LogP contribution is -2.59. The zero-order chi connectivity index (χ0) is 47.0. The summed E-state index contributed by atoms with van der Waals surface area (Å²) >= 11 is 9.15. The first-order chi connectivity index (χ1) is 31.2. The molecule has 10 fully saturated rings. The van der Waals surface area contributed by atoms with Crippen molar-refractivity contribution in [1.29, 1.82) is 0 Å². The molecule has 2 aromatic rings. The number of nitrogens with two attached hydrogens (primary N) is 2. The molecular weight excluding hydrogens is 971 g/mol. The van der Waals surface area contributed by atoms with Gasteiger partial charge in [0, 0.05) is 28.1 Å². The van der Waals surface area contributed by atoms with Gasteiger partial charge in [0.1, 0.15) is 4.90 Å². The van der Waals surface area contributed by atoms with Crippen LogP contribution in [0.2, 0.25) is 5.02 Å². The minimum absolute atomic E-state index is 0.0310. The molecule has 6 N–H and O–H groups in total. The third-order valence-electron chi connectivity index (χ3n) is 18.0. The van der Waals surface area contributed by atoms with Crippen LogP contribution in [0, 0.1) is 64.0 Å². The van der Waals surface area contributed by atoms with Gasteiger partial charge in [-0.15, -0.1) is 0 Å². The Kier molecular flexibility index (Phi) is 13.1. The monoisotopic (exact) mass is 1030 g/mol. The van der Waals surface area contributed by atoms with Crippen LogP contribution < -0.4 is 20.9 Å². The van der Waals surface area contributed by atoms with Gasteiger partial charge in [0.2, 0.25) is 31.9 Å². The number of hydrogen-bond acceptors (Lipinski definition) is 8. The first kappa shape index (κ1) is 48.3. The number of Topliss-reactive ketones (excluding diaryl/α,β-unsaturated/α-hetero) is 2. The fourth-order valence-corrected chi connectivity index (χ4v) is 19.6. The Labute approximate surface area is 401 Å². The fourth-order valence-electron chi connectivity index (χ4n) is 15.3. The average Bonchev–Trinajstić information content (AvgIpc) is 3.73. The number of nitrogens with one attached hydrogen (secondary N) is 2. The van der Waals surface area contributed by atoms with Gasteiger partial charge in [0.15, 0.2) is 17.4 Å². The fraction of sp³-hybridized carbons (Fsp3) is 0.673. The van der Waals surface area contributed by atoms with E-state index in [1.165, 1.54) is 12.1 Å². The molecule has 0 spiro atoms. The summed E-state index contributed by atoms with van der Waals surface area (Å²) in [6, 6.07) is 10.6. The van der Waals surface area contributed by atoms with Crippen LogP contribution in [-0.4, -0.2) is 51.3 Å². The van der Waals surface area contributed by atoms with E-state index in [1.54, 1.807) is 24.3 Å². The van der Waals surface area contributed by atoms with Crippen molar-refractivity contribution in [3.63, 3.8) is 0 Å². The predicted octanol–water partition coefficient (Wildman–Crippen LogP) is 8.27. The van der Waals surface area contributed by atoms with Crippen LogP contribution >= 0.6 is 27.5 Å². The van der Waals surface area contributed by atoms with Crippen molar-refractivity contribution >= 4 is 71.0 Å². The number of halogens is 3. The lowest BCUT2D eigenvalue weighted by Gasteiger charge is -2.59. The van der Waals surface area contributed by atoms with E-state index < -0.39 is 47.3 Å². The van der Waals surface area contributed by atoms with Gasteiger partial charge in [-0.05, 0) is 177 Å². The highest BCUT2D eigenvalue weighted by Gasteiger charge is 2.60. The third-order valence-corrected chi connectivity index (χ3v) is 22.4. The smallest absolute Gasteiger partial charge is 0.244 e. The molecule has 0 saturated heterocycles. The summed E-state index contributed by atoms with van der Waals surface area (Å²) < 4.78 is 73.4. The number of carbonyl (C=O) groups excluding carboxylic acids is 4. The minimum Gasteiger partial charge on any atom is -0.369 e. The van der Waals surface area contributed by atoms with Gasteiger partial charge in [0.25, 0.3) is 0 Å². The maximum atomic E-state index is 14.5. The molecule has 2 amide bonds. The number of primary amides is 2. The molecule has 2 aromatic carbocycles. The van der Waals surface area contributed by atoms with Crippen LogP contribution in [0.15, 0.2) is 56.7 Å². The van der Waals surface area contributed by atoms with E-state index in [0.29, 0.717) is 60.2 Å². The summed E-state index contributed by atoms with van der Waals surface area (Å²) in [6.07, 6.45) is 15.8. The molecule has 10 aliphatic carbocycles. The Hall–Kier alpha value is -2.76. The number of carbonyl (C=O) groups is 4. The van der Waals surface area contributed by atoms with Crippen molar-refractivity contribution in [1.82, 2.24) is 9.44 Å². The van der Waals surface area contributed by atoms with E-state index in [1.807, 2.05) is 0 Å². The van der Waals surface area contributed by atoms with E-state index in [-0.39, 0.29) is 68.8 Å². The van der Waals surface area contributed by atoms with Crippen LogP contribution in [0.25, 0.3) is 0 Å². The highest BCUT2D eigenvalue weighted by atomic mass is 79.9. The number of benzene rings is 2. The molecule has 66 heavy (non-hydrogen) atoms. The number of amides is 2. The zero-order valence-corrected chi connectivity index (χ0v) is 41.4. The van der Waals surface area contributed by atoms with Gasteiger partial charge in [-0.3, -0.25) is 19.2 Å². The summed E-state index contributed by atoms with van der Waals surface area (Å²) in [4.78, 5) is 51.7. The van der Waals surface area contributed by atoms with Crippen molar-refractivity contribution in [2.24, 2.45) is 69.6 Å². The van der Waals surface area contributed by atoms with Gasteiger partial charge in [-0.1, -0.05) is 61.9 Å². The van der Waals surface area contributed by atoms with Gasteiger partial charge >= 0.3 is 0 Å². The second-order valence-corrected chi connectivity index (χ2v) is 26.5. The molecule has 0 aromatic heterocycles. The number of sulfonamides is 2. The molecule has 0 aliphatic heterocycles. The second kappa shape index (κ2) is 17.9. The SMILES string of the molecule is NC(=O)C12CC3CC(C1)C(CC(=O)C1(NS(=O)(=O)c4cccc(Cl)c4F)CCCC1)C(C3)C2.NC(=O)C12CC3CC(C1)C(CC(=O)C1(NS(=O)(=O)c4ccccc4Br)CCCCC1)C(C3)C2. The largest absolute Gasteiger partial charge is 0.369 e. The molecule has 12 nitrogen and oxygen atoms in total. The second-order valence-electron chi connectivity index (χ2n) is 21.9. The normalized spacial score (nSPS) is 34.7. The first-order valence-corrected chi connectivity index (χ1v) is 28.3. The summed E-state index contributed by atoms with van der Waals surface area (Å²) in [5, 5.41) is -0.276. The highest BCUT2D eigenvalue weighted by Crippen LogP contribution is 2.64. The lowest BCUT2D eigenvalue weighted by molar-refractivity contribution is -0.153. The van der Waals surface area contributed by atoms with Gasteiger partial charge < -0.3 is 11.5 Å². The molecule has 10 aliphatic rings. The van der Waals surface area contributed by atoms with E-state index in [0.717, 1.165) is 102 Å². The van der Waals surface area contributed by atoms with Crippen LogP contribution in [0.5, 0.6) is 0 Å². The van der Waals surface area contributed by atoms with E-state index in [4.69, 9.17) is 23.1 Å². The summed E-state index contributed by atoms with van der Waals surface area (Å²) in [5.41, 5.74) is 8.55. The Morgan fingerprint density at radius 3 is 1.42 bits per heavy atom. The van der Waals surface area contributed by atoms with Gasteiger partial charge in [0.05, 0.1) is 21.0 Å². The minimum atomic E-state index is -4.27. The molecule has 0 radical (unpaired) electrons. The molecule has 4 atom stereocenters. The molecule has 8 bridgehead atoms. The lowest BCUT2D eigenvalue weighted by atomic mass is 9.45. The maximum absolute atomic E-state index is 14.5. The third kappa shape index (κ3) is 8.76. The Morgan fingerprint density at radius 1 is 0.606 bits per heavy atom. The maximum Gasteiger partial charge on any atom is 0.244 e. The van der Waals surface area contributed by atoms with Crippen molar-refractivity contribution < 1.29 is 40.4 Å². The quantitative estimate of drug-likeness (QED) is 0.144. The standard InChI is InChI=1S/C25H33BrN2O4S.C24H30ClFN2O4S/c26-20-6-2-3-7-21(20)33(31,32)28-25(8-4-1-5-9-25)22(29)12-19-17-10-16-11-18(19)15-24(13-16,14-17)23(27)30;25-18-4-3-5-19(21(18)26)33(31,32)28-24(6-1-2-7-24)20(29)10-17-15-8-14-9-16(17)13-23(11-14,12-15)22(27)30/h2-3,6-7,16-19,28H,1,4-5,8-15H2,(H2,27,30);3-5,14-17,28H,1-2,6-13H2,(H2,27,30). The van der Waals surface area contributed by atoms with E-state index in [2.05, 4.69) is 25.4 Å². The number of rotatable bonds is 14. The van der Waals surface area contributed by atoms with Crippen molar-refractivity contribution in [2.75, 3.05) is 0 Å². The Morgan fingerprint density at radius 2 is 1.00 bits per heavy atom. The zero-order valence-electron chi connectivity index (χ0n) is 37.4. The van der Waals surface area contributed by atoms with E-state index >= 15 is 0 Å². The van der Waals surface area contributed by atoms with E-state index in [9.17, 15) is 40.4 Å². The van der Waals surface area contributed by atoms with Crippen molar-refractivity contribution in [2.45, 2.75) is 156 Å². The topological polar surface area (TPSA) is 213 Å². The van der Waals surface area contributed by atoms with Crippen LogP contribution in [0.1, 0.15) is 135 Å². The number of ketones is 2. The molecule has 12 rings (SSSR count). The van der Waals surface area contributed by atoms with Crippen LogP contribution in [-0.2, 0) is 39.2 Å². The molecule has 360 valence electrons. The highest BCUT2D eigenvalue weighted by molar-refractivity contribution is 9.10. The summed E-state index contributed by atoms with van der Waals surface area (Å²) in [6.45, 7) is 0. The molecular formula is C49H63BrClFN4O8S2. The summed E-state index contributed by atoms with van der Waals surface area (Å²) in [5.74, 6) is 1.16. The van der Waals surface area contributed by atoms with Crippen molar-refractivity contribution in [3.8, 4) is 0 Å². The Balaban J connectivity index is 0.000000166. The van der Waals surface area contributed by atoms with Crippen molar-refractivity contribution in [3.05, 3.63) is 57.8 Å². The number of hydrogen-bond donors (Lipinski definition) is 4. The molecule has 17 heteroatoms. The van der Waals surface area contributed by atoms with Crippen LogP contribution in [0.4, 0.5) is 4.39 Å². The molecule has 10 saturated carbocycles. The predicted molar refractivity (Wildman–Crippen MR) is 250 cm³/mol. The first-order valence-electron chi connectivity index (χ1n) is 24.1.